The van der Waals surface area contributed by atoms with Crippen molar-refractivity contribution in [1.82, 2.24) is 5.32 Å². The first-order chi connectivity index (χ1) is 3.85. The molecular formula is C5H14ClNO2. The third kappa shape index (κ3) is 6.05. The van der Waals surface area contributed by atoms with Crippen LogP contribution in [0.3, 0.4) is 0 Å². The zero-order valence-electron chi connectivity index (χ0n) is 5.76. The highest BCUT2D eigenvalue weighted by molar-refractivity contribution is 5.85. The largest absolute Gasteiger partial charge is 0.395 e. The van der Waals surface area contributed by atoms with Crippen LogP contribution in [0.25, 0.3) is 0 Å². The van der Waals surface area contributed by atoms with Crippen molar-refractivity contribution in [3.05, 3.63) is 0 Å². The summed E-state index contributed by atoms with van der Waals surface area (Å²) in [4.78, 5) is 0. The lowest BCUT2D eigenvalue weighted by Crippen LogP contribution is -2.33. The zero-order valence-corrected chi connectivity index (χ0v) is 6.57. The molecule has 0 fully saturated rings. The Kier molecular flexibility index (Phi) is 10.8. The van der Waals surface area contributed by atoms with E-state index in [0.29, 0.717) is 6.61 Å². The summed E-state index contributed by atoms with van der Waals surface area (Å²) >= 11 is 0. The van der Waals surface area contributed by atoms with Gasteiger partial charge in [-0.25, -0.2) is 0 Å². The van der Waals surface area contributed by atoms with Gasteiger partial charge < -0.3 is 15.2 Å². The number of nitrogens with one attached hydrogen (secondary N) is 1. The lowest BCUT2D eigenvalue weighted by Gasteiger charge is -2.09. The second kappa shape index (κ2) is 8.17. The summed E-state index contributed by atoms with van der Waals surface area (Å²) < 4.78 is 4.76. The first-order valence-electron chi connectivity index (χ1n) is 2.62. The molecule has 0 aliphatic heterocycles. The van der Waals surface area contributed by atoms with Gasteiger partial charge in [0.05, 0.1) is 19.3 Å². The Morgan fingerprint density at radius 1 is 1.67 bits per heavy atom. The van der Waals surface area contributed by atoms with Crippen LogP contribution in [0.2, 0.25) is 0 Å². The van der Waals surface area contributed by atoms with Crippen molar-refractivity contribution in [1.29, 1.82) is 0 Å². The van der Waals surface area contributed by atoms with Crippen LogP contribution in [0, 0.1) is 0 Å². The number of likely N-dealkylation sites (N-methyl/N-ethyl adjacent to an activating group) is 1. The van der Waals surface area contributed by atoms with Crippen LogP contribution >= 0.6 is 12.4 Å². The van der Waals surface area contributed by atoms with Crippen LogP contribution < -0.4 is 5.32 Å². The van der Waals surface area contributed by atoms with Crippen molar-refractivity contribution < 1.29 is 9.84 Å². The number of methoxy groups -OCH3 is 1. The minimum Gasteiger partial charge on any atom is -0.395 e. The number of aliphatic hydroxyl groups is 1. The van der Waals surface area contributed by atoms with Crippen LogP contribution in [0.1, 0.15) is 0 Å². The quantitative estimate of drug-likeness (QED) is 0.583. The molecule has 0 unspecified atom stereocenters. The summed E-state index contributed by atoms with van der Waals surface area (Å²) in [6, 6.07) is 0.0833. The molecule has 1 atom stereocenters. The van der Waals surface area contributed by atoms with Crippen molar-refractivity contribution in [3.8, 4) is 0 Å². The number of ether oxygens (including phenoxy) is 1. The molecule has 0 saturated heterocycles. The minimum atomic E-state index is 0. The van der Waals surface area contributed by atoms with Gasteiger partial charge in [-0.15, -0.1) is 12.4 Å². The predicted octanol–water partition coefficient (Wildman–Crippen LogP) is -0.365. The summed E-state index contributed by atoms with van der Waals surface area (Å²) in [5, 5.41) is 11.4. The molecule has 0 aliphatic rings. The normalized spacial score (nSPS) is 12.3. The topological polar surface area (TPSA) is 41.5 Å². The zero-order chi connectivity index (χ0) is 6.41. The van der Waals surface area contributed by atoms with E-state index in [2.05, 4.69) is 5.32 Å². The fraction of sp³-hybridized carbons (Fsp3) is 1.00. The van der Waals surface area contributed by atoms with Crippen LogP contribution in [0.4, 0.5) is 0 Å². The fourth-order valence-corrected chi connectivity index (χ4v) is 0.429. The van der Waals surface area contributed by atoms with E-state index >= 15 is 0 Å². The molecular weight excluding hydrogens is 142 g/mol. The van der Waals surface area contributed by atoms with E-state index in [4.69, 9.17) is 9.84 Å². The molecule has 0 aliphatic carbocycles. The van der Waals surface area contributed by atoms with Gasteiger partial charge in [-0.3, -0.25) is 0 Å². The minimum absolute atomic E-state index is 0. The van der Waals surface area contributed by atoms with Gasteiger partial charge in [-0.05, 0) is 7.05 Å². The molecule has 58 valence electrons. The van der Waals surface area contributed by atoms with E-state index in [0.717, 1.165) is 0 Å². The van der Waals surface area contributed by atoms with Crippen molar-refractivity contribution in [2.75, 3.05) is 27.4 Å². The molecule has 0 amide bonds. The Hall–Kier alpha value is 0.170. The lowest BCUT2D eigenvalue weighted by atomic mass is 10.3. The van der Waals surface area contributed by atoms with E-state index < -0.39 is 0 Å². The lowest BCUT2D eigenvalue weighted by molar-refractivity contribution is 0.132. The van der Waals surface area contributed by atoms with E-state index in [-0.39, 0.29) is 25.1 Å². The standard InChI is InChI=1S/C5H13NO2.ClH/c1-6-5(3-7)4-8-2;/h5-7H,3-4H2,1-2H3;1H/t5-;/m1./s1. The van der Waals surface area contributed by atoms with E-state index in [9.17, 15) is 0 Å². The molecule has 0 saturated carbocycles. The Labute approximate surface area is 61.8 Å². The van der Waals surface area contributed by atoms with Crippen LogP contribution in [0.5, 0.6) is 0 Å². The van der Waals surface area contributed by atoms with Gasteiger partial charge in [0, 0.05) is 7.11 Å². The van der Waals surface area contributed by atoms with Gasteiger partial charge in [0.25, 0.3) is 0 Å². The Balaban J connectivity index is 0. The number of rotatable bonds is 4. The third-order valence-electron chi connectivity index (χ3n) is 0.996. The molecule has 0 aromatic carbocycles. The first kappa shape index (κ1) is 11.9. The molecule has 0 bridgehead atoms. The fourth-order valence-electron chi connectivity index (χ4n) is 0.429. The smallest absolute Gasteiger partial charge is 0.0638 e. The second-order valence-electron chi connectivity index (χ2n) is 1.62. The number of hydrogen-bond acceptors (Lipinski definition) is 3. The summed E-state index contributed by atoms with van der Waals surface area (Å²) in [5.41, 5.74) is 0. The average molecular weight is 156 g/mol. The summed E-state index contributed by atoms with van der Waals surface area (Å²) in [6.07, 6.45) is 0. The van der Waals surface area contributed by atoms with E-state index in [1.165, 1.54) is 0 Å². The predicted molar refractivity (Wildman–Crippen MR) is 39.1 cm³/mol. The van der Waals surface area contributed by atoms with Gasteiger partial charge in [0.2, 0.25) is 0 Å². The Morgan fingerprint density at radius 2 is 2.22 bits per heavy atom. The summed E-state index contributed by atoms with van der Waals surface area (Å²) in [5.74, 6) is 0. The SMILES string of the molecule is CN[C@H](CO)COC.Cl. The average Bonchev–Trinajstić information content (AvgIpc) is 1.83. The van der Waals surface area contributed by atoms with Crippen LogP contribution in [0.15, 0.2) is 0 Å². The molecule has 0 radical (unpaired) electrons. The molecule has 9 heavy (non-hydrogen) atoms. The maximum atomic E-state index is 8.51. The van der Waals surface area contributed by atoms with Gasteiger partial charge in [0.15, 0.2) is 0 Å². The van der Waals surface area contributed by atoms with Crippen molar-refractivity contribution in [3.63, 3.8) is 0 Å². The van der Waals surface area contributed by atoms with Crippen molar-refractivity contribution >= 4 is 12.4 Å². The van der Waals surface area contributed by atoms with Crippen LogP contribution in [-0.4, -0.2) is 38.5 Å². The number of hydrogen-bond donors (Lipinski definition) is 2. The molecule has 0 rings (SSSR count). The Morgan fingerprint density at radius 3 is 2.33 bits per heavy atom. The summed E-state index contributed by atoms with van der Waals surface area (Å²) in [6.45, 7) is 0.692. The van der Waals surface area contributed by atoms with Gasteiger partial charge in [-0.1, -0.05) is 0 Å². The van der Waals surface area contributed by atoms with Gasteiger partial charge >= 0.3 is 0 Å². The Bertz CT molecular complexity index is 50.2. The van der Waals surface area contributed by atoms with Crippen molar-refractivity contribution in [2.45, 2.75) is 6.04 Å². The maximum absolute atomic E-state index is 8.51. The molecule has 0 aromatic heterocycles. The number of halogens is 1. The number of aliphatic hydroxyl groups excluding tert-OH is 1. The van der Waals surface area contributed by atoms with Gasteiger partial charge in [0.1, 0.15) is 0 Å². The highest BCUT2D eigenvalue weighted by atomic mass is 35.5. The third-order valence-corrected chi connectivity index (χ3v) is 0.996. The molecule has 2 N–H and O–H groups in total. The van der Waals surface area contributed by atoms with Gasteiger partial charge in [-0.2, -0.15) is 0 Å². The van der Waals surface area contributed by atoms with E-state index in [1.54, 1.807) is 14.2 Å². The molecule has 4 heteroatoms. The van der Waals surface area contributed by atoms with E-state index in [1.807, 2.05) is 0 Å². The molecule has 0 aromatic rings. The maximum Gasteiger partial charge on any atom is 0.0638 e. The molecule has 0 spiro atoms. The molecule has 3 nitrogen and oxygen atoms in total. The highest BCUT2D eigenvalue weighted by Gasteiger charge is 1.99. The first-order valence-corrected chi connectivity index (χ1v) is 2.62. The monoisotopic (exact) mass is 155 g/mol. The van der Waals surface area contributed by atoms with Crippen molar-refractivity contribution in [2.24, 2.45) is 0 Å². The van der Waals surface area contributed by atoms with Crippen LogP contribution in [-0.2, 0) is 4.74 Å². The summed E-state index contributed by atoms with van der Waals surface area (Å²) in [7, 11) is 3.40. The second-order valence-corrected chi connectivity index (χ2v) is 1.62. The highest BCUT2D eigenvalue weighted by Crippen LogP contribution is 1.78. The molecule has 0 heterocycles.